The lowest BCUT2D eigenvalue weighted by molar-refractivity contribution is 0.000352. The Morgan fingerprint density at radius 1 is 1.41 bits per heavy atom. The van der Waals surface area contributed by atoms with Crippen LogP contribution in [0.2, 0.25) is 5.02 Å². The summed E-state index contributed by atoms with van der Waals surface area (Å²) < 4.78 is 11.4. The molecule has 2 aromatic rings. The highest BCUT2D eigenvalue weighted by Gasteiger charge is 2.16. The van der Waals surface area contributed by atoms with Crippen molar-refractivity contribution in [2.75, 3.05) is 36.9 Å². The summed E-state index contributed by atoms with van der Waals surface area (Å²) in [6, 6.07) is 6.24. The van der Waals surface area contributed by atoms with Crippen molar-refractivity contribution in [1.29, 1.82) is 5.26 Å². The Labute approximate surface area is 160 Å². The summed E-state index contributed by atoms with van der Waals surface area (Å²) >= 11 is 6.03. The van der Waals surface area contributed by atoms with E-state index >= 15 is 0 Å². The highest BCUT2D eigenvalue weighted by Crippen LogP contribution is 2.28. The Kier molecular flexibility index (Phi) is 6.38. The van der Waals surface area contributed by atoms with Crippen molar-refractivity contribution in [3.8, 4) is 11.8 Å². The van der Waals surface area contributed by atoms with Crippen molar-refractivity contribution in [2.45, 2.75) is 6.10 Å². The lowest BCUT2D eigenvalue weighted by Crippen LogP contribution is -2.41. The van der Waals surface area contributed by atoms with Gasteiger partial charge in [-0.2, -0.15) is 5.26 Å². The molecule has 27 heavy (non-hydrogen) atoms. The molecule has 3 rings (SSSR count). The fourth-order valence-corrected chi connectivity index (χ4v) is 2.53. The predicted molar refractivity (Wildman–Crippen MR) is 98.9 cm³/mol. The number of nitrogens with one attached hydrogen (secondary N) is 3. The molecule has 10 heteroatoms. The lowest BCUT2D eigenvalue weighted by atomic mass is 10.3. The van der Waals surface area contributed by atoms with Crippen LogP contribution >= 0.6 is 11.6 Å². The summed E-state index contributed by atoms with van der Waals surface area (Å²) in [5.41, 5.74) is 0.566. The van der Waals surface area contributed by atoms with Gasteiger partial charge in [-0.1, -0.05) is 11.6 Å². The number of urea groups is 1. The number of hydrogen-bond acceptors (Lipinski definition) is 7. The van der Waals surface area contributed by atoms with Gasteiger partial charge in [0, 0.05) is 18.1 Å². The Morgan fingerprint density at radius 2 is 2.30 bits per heavy atom. The molecular formula is C17H17ClN6O3. The van der Waals surface area contributed by atoms with Gasteiger partial charge in [0.05, 0.1) is 24.7 Å². The first-order chi connectivity index (χ1) is 13.1. The van der Waals surface area contributed by atoms with Gasteiger partial charge in [0.1, 0.15) is 24.5 Å². The second-order valence-corrected chi connectivity index (χ2v) is 6.06. The SMILES string of the molecule is N#Cc1cnc(NC(=O)Nc2cc(Cl)ccc2OCC2CNCCO2)cn1. The van der Waals surface area contributed by atoms with Crippen molar-refractivity contribution in [3.05, 3.63) is 41.3 Å². The van der Waals surface area contributed by atoms with Gasteiger partial charge in [-0.05, 0) is 18.2 Å². The topological polar surface area (TPSA) is 121 Å². The molecule has 0 aliphatic carbocycles. The quantitative estimate of drug-likeness (QED) is 0.716. The standard InChI is InChI=1S/C17H17ClN6O3/c18-11-1-2-15(27-10-13-8-20-3-4-26-13)14(5-11)23-17(25)24-16-9-21-12(6-19)7-22-16/h1-2,5,7,9,13,20H,3-4,8,10H2,(H2,22,23,24,25). The number of nitrogens with zero attached hydrogens (tertiary/aromatic N) is 3. The van der Waals surface area contributed by atoms with Crippen molar-refractivity contribution in [2.24, 2.45) is 0 Å². The number of carbonyl (C=O) groups is 1. The minimum Gasteiger partial charge on any atom is -0.489 e. The van der Waals surface area contributed by atoms with Crippen LogP contribution in [0.3, 0.4) is 0 Å². The Morgan fingerprint density at radius 3 is 3.00 bits per heavy atom. The molecule has 1 aliphatic heterocycles. The number of aromatic nitrogens is 2. The first-order valence-electron chi connectivity index (χ1n) is 8.19. The van der Waals surface area contributed by atoms with Gasteiger partial charge in [0.2, 0.25) is 0 Å². The van der Waals surface area contributed by atoms with Crippen molar-refractivity contribution < 1.29 is 14.3 Å². The zero-order chi connectivity index (χ0) is 19.1. The second-order valence-electron chi connectivity index (χ2n) is 5.63. The predicted octanol–water partition coefficient (Wildman–Crippen LogP) is 2.01. The van der Waals surface area contributed by atoms with Crippen LogP contribution in [0.5, 0.6) is 5.75 Å². The number of halogens is 1. The molecule has 2 heterocycles. The van der Waals surface area contributed by atoms with E-state index in [0.29, 0.717) is 36.2 Å². The molecule has 1 fully saturated rings. The van der Waals surface area contributed by atoms with Crippen LogP contribution < -0.4 is 20.7 Å². The van der Waals surface area contributed by atoms with E-state index < -0.39 is 6.03 Å². The molecule has 1 unspecified atom stereocenters. The zero-order valence-electron chi connectivity index (χ0n) is 14.2. The molecule has 0 bridgehead atoms. The van der Waals surface area contributed by atoms with E-state index in [2.05, 4.69) is 25.9 Å². The van der Waals surface area contributed by atoms with Crippen LogP contribution in [0.25, 0.3) is 0 Å². The van der Waals surface area contributed by atoms with Crippen LogP contribution in [0.15, 0.2) is 30.6 Å². The summed E-state index contributed by atoms with van der Waals surface area (Å²) in [5.74, 6) is 0.673. The number of rotatable bonds is 5. The van der Waals surface area contributed by atoms with E-state index in [-0.39, 0.29) is 17.6 Å². The molecule has 1 atom stereocenters. The van der Waals surface area contributed by atoms with Gasteiger partial charge in [-0.15, -0.1) is 0 Å². The first-order valence-corrected chi connectivity index (χ1v) is 8.56. The van der Waals surface area contributed by atoms with Crippen molar-refractivity contribution in [3.63, 3.8) is 0 Å². The first kappa shape index (κ1) is 18.8. The van der Waals surface area contributed by atoms with E-state index in [0.717, 1.165) is 6.54 Å². The Bertz CT molecular complexity index is 834. The van der Waals surface area contributed by atoms with Gasteiger partial charge in [0.25, 0.3) is 0 Å². The lowest BCUT2D eigenvalue weighted by Gasteiger charge is -2.24. The third kappa shape index (κ3) is 5.52. The highest BCUT2D eigenvalue weighted by atomic mass is 35.5. The number of anilines is 2. The van der Waals surface area contributed by atoms with E-state index in [4.69, 9.17) is 26.3 Å². The molecule has 9 nitrogen and oxygen atoms in total. The van der Waals surface area contributed by atoms with E-state index in [1.807, 2.05) is 6.07 Å². The highest BCUT2D eigenvalue weighted by molar-refractivity contribution is 6.31. The summed E-state index contributed by atoms with van der Waals surface area (Å²) in [5, 5.41) is 17.6. The Hall–Kier alpha value is -2.93. The molecule has 0 spiro atoms. The summed E-state index contributed by atoms with van der Waals surface area (Å²) in [6.07, 6.45) is 2.49. The number of morpholine rings is 1. The largest absolute Gasteiger partial charge is 0.489 e. The van der Waals surface area contributed by atoms with Crippen molar-refractivity contribution >= 4 is 29.1 Å². The fourth-order valence-electron chi connectivity index (χ4n) is 2.36. The molecule has 3 N–H and O–H groups in total. The van der Waals surface area contributed by atoms with E-state index in [1.165, 1.54) is 12.4 Å². The molecule has 1 aliphatic rings. The van der Waals surface area contributed by atoms with Gasteiger partial charge in [-0.3, -0.25) is 5.32 Å². The molecule has 1 aromatic carbocycles. The maximum atomic E-state index is 12.2. The van der Waals surface area contributed by atoms with Gasteiger partial charge in [-0.25, -0.2) is 14.8 Å². The number of amides is 2. The van der Waals surface area contributed by atoms with Crippen molar-refractivity contribution in [1.82, 2.24) is 15.3 Å². The van der Waals surface area contributed by atoms with Gasteiger partial charge in [0.15, 0.2) is 11.5 Å². The number of hydrogen-bond donors (Lipinski definition) is 3. The Balaban J connectivity index is 1.62. The fraction of sp³-hybridized carbons (Fsp3) is 0.294. The third-order valence-corrected chi connectivity index (χ3v) is 3.86. The van der Waals surface area contributed by atoms with Gasteiger partial charge >= 0.3 is 6.03 Å². The molecule has 1 saturated heterocycles. The van der Waals surface area contributed by atoms with E-state index in [9.17, 15) is 4.79 Å². The molecule has 1 aromatic heterocycles. The van der Waals surface area contributed by atoms with Crippen LogP contribution in [-0.2, 0) is 4.74 Å². The van der Waals surface area contributed by atoms with Gasteiger partial charge < -0.3 is 20.1 Å². The third-order valence-electron chi connectivity index (χ3n) is 3.63. The summed E-state index contributed by atoms with van der Waals surface area (Å²) in [6.45, 7) is 2.50. The normalized spacial score (nSPS) is 16.2. The maximum absolute atomic E-state index is 12.2. The van der Waals surface area contributed by atoms with Crippen LogP contribution in [0.1, 0.15) is 5.69 Å². The molecule has 0 saturated carbocycles. The summed E-state index contributed by atoms with van der Waals surface area (Å²) in [4.78, 5) is 20.0. The monoisotopic (exact) mass is 388 g/mol. The minimum atomic E-state index is -0.545. The molecule has 0 radical (unpaired) electrons. The van der Waals surface area contributed by atoms with Crippen LogP contribution in [-0.4, -0.2) is 48.4 Å². The average molecular weight is 389 g/mol. The molecule has 140 valence electrons. The average Bonchev–Trinajstić information content (AvgIpc) is 2.69. The van der Waals surface area contributed by atoms with E-state index in [1.54, 1.807) is 18.2 Å². The number of carbonyl (C=O) groups excluding carboxylic acids is 1. The smallest absolute Gasteiger partial charge is 0.325 e. The molecular weight excluding hydrogens is 372 g/mol. The minimum absolute atomic E-state index is 0.0648. The van der Waals surface area contributed by atoms with Crippen LogP contribution in [0.4, 0.5) is 16.3 Å². The second kappa shape index (κ2) is 9.14. The number of nitriles is 1. The molecule has 2 amide bonds. The number of ether oxygens (including phenoxy) is 2. The zero-order valence-corrected chi connectivity index (χ0v) is 15.0. The number of benzene rings is 1. The maximum Gasteiger partial charge on any atom is 0.325 e. The van der Waals surface area contributed by atoms with Crippen LogP contribution in [0, 0.1) is 11.3 Å². The summed E-state index contributed by atoms with van der Waals surface area (Å²) in [7, 11) is 0.